The molecule has 96 valence electrons. The van der Waals surface area contributed by atoms with Crippen LogP contribution in [0.15, 0.2) is 15.7 Å². The van der Waals surface area contributed by atoms with Crippen LogP contribution in [0.2, 0.25) is 0 Å². The maximum atomic E-state index is 12.1. The number of ether oxygens (including phenoxy) is 1. The van der Waals surface area contributed by atoms with Gasteiger partial charge in [0.15, 0.2) is 0 Å². The smallest absolute Gasteiger partial charge is 0.250 e. The van der Waals surface area contributed by atoms with Crippen LogP contribution in [0.4, 0.5) is 0 Å². The second kappa shape index (κ2) is 5.06. The van der Waals surface area contributed by atoms with Gasteiger partial charge < -0.3 is 4.74 Å². The van der Waals surface area contributed by atoms with Gasteiger partial charge in [0.1, 0.15) is 4.21 Å². The lowest BCUT2D eigenvalue weighted by molar-refractivity contribution is 0.0990. The summed E-state index contributed by atoms with van der Waals surface area (Å²) in [5, 5.41) is 1.84. The maximum Gasteiger partial charge on any atom is 0.250 e. The van der Waals surface area contributed by atoms with E-state index in [0.717, 1.165) is 18.4 Å². The van der Waals surface area contributed by atoms with E-state index in [4.69, 9.17) is 4.74 Å². The number of aryl methyl sites for hydroxylation is 1. The molecule has 0 amide bonds. The van der Waals surface area contributed by atoms with Crippen LogP contribution in [0.1, 0.15) is 25.3 Å². The number of hydrogen-bond donors (Lipinski definition) is 1. The van der Waals surface area contributed by atoms with Gasteiger partial charge in [0, 0.05) is 6.61 Å². The van der Waals surface area contributed by atoms with Crippen LogP contribution in [-0.4, -0.2) is 27.2 Å². The first kappa shape index (κ1) is 13.0. The first-order chi connectivity index (χ1) is 8.03. The zero-order chi connectivity index (χ0) is 12.5. The number of thiophene rings is 1. The van der Waals surface area contributed by atoms with Crippen molar-refractivity contribution in [2.75, 3.05) is 6.61 Å². The Hall–Kier alpha value is -0.430. The third-order valence-corrected chi connectivity index (χ3v) is 5.94. The van der Waals surface area contributed by atoms with E-state index >= 15 is 0 Å². The molecule has 0 unspecified atom stereocenters. The molecular formula is C11H17NO3S2. The molecule has 1 aliphatic rings. The summed E-state index contributed by atoms with van der Waals surface area (Å²) in [6.07, 6.45) is 1.59. The third-order valence-electron chi connectivity index (χ3n) is 2.89. The van der Waals surface area contributed by atoms with Crippen molar-refractivity contribution in [3.8, 4) is 0 Å². The van der Waals surface area contributed by atoms with Gasteiger partial charge in [-0.25, -0.2) is 13.1 Å². The van der Waals surface area contributed by atoms with Crippen LogP contribution < -0.4 is 4.72 Å². The van der Waals surface area contributed by atoms with Crippen molar-refractivity contribution >= 4 is 21.4 Å². The molecule has 0 bridgehead atoms. The van der Waals surface area contributed by atoms with E-state index in [1.165, 1.54) is 11.3 Å². The molecule has 1 aromatic rings. The standard InChI is InChI=1S/C11H17NO3S2/c1-3-10-9(4-5-15-10)12-17(13,14)11-6-8(2)7-16-11/h6-7,9-10,12H,3-5H2,1-2H3/t9-,10+/m1/s1. The van der Waals surface area contributed by atoms with E-state index in [1.807, 2.05) is 19.2 Å². The largest absolute Gasteiger partial charge is 0.377 e. The highest BCUT2D eigenvalue weighted by atomic mass is 32.2. The Bertz CT molecular complexity index is 481. The maximum absolute atomic E-state index is 12.1. The molecule has 0 saturated carbocycles. The zero-order valence-electron chi connectivity index (χ0n) is 9.97. The molecule has 1 N–H and O–H groups in total. The van der Waals surface area contributed by atoms with Crippen molar-refractivity contribution < 1.29 is 13.2 Å². The van der Waals surface area contributed by atoms with E-state index in [0.29, 0.717) is 10.8 Å². The Morgan fingerprint density at radius 2 is 2.35 bits per heavy atom. The molecule has 1 fully saturated rings. The fourth-order valence-electron chi connectivity index (χ4n) is 1.99. The summed E-state index contributed by atoms with van der Waals surface area (Å²) in [5.41, 5.74) is 0.977. The van der Waals surface area contributed by atoms with E-state index in [-0.39, 0.29) is 12.1 Å². The predicted molar refractivity (Wildman–Crippen MR) is 67.8 cm³/mol. The van der Waals surface area contributed by atoms with Gasteiger partial charge in [-0.15, -0.1) is 11.3 Å². The molecule has 1 aromatic heterocycles. The zero-order valence-corrected chi connectivity index (χ0v) is 11.6. The minimum atomic E-state index is -3.38. The average molecular weight is 275 g/mol. The summed E-state index contributed by atoms with van der Waals surface area (Å²) in [7, 11) is -3.38. The van der Waals surface area contributed by atoms with Gasteiger partial charge in [0.05, 0.1) is 12.1 Å². The van der Waals surface area contributed by atoms with Gasteiger partial charge in [0.2, 0.25) is 10.0 Å². The number of sulfonamides is 1. The molecular weight excluding hydrogens is 258 g/mol. The monoisotopic (exact) mass is 275 g/mol. The average Bonchev–Trinajstić information content (AvgIpc) is 2.86. The molecule has 1 aliphatic heterocycles. The Balaban J connectivity index is 2.12. The van der Waals surface area contributed by atoms with E-state index in [2.05, 4.69) is 4.72 Å². The first-order valence-electron chi connectivity index (χ1n) is 5.72. The number of nitrogens with one attached hydrogen (secondary N) is 1. The second-order valence-electron chi connectivity index (χ2n) is 4.28. The van der Waals surface area contributed by atoms with Crippen LogP contribution in [0.3, 0.4) is 0 Å². The predicted octanol–water partition coefficient (Wildman–Crippen LogP) is 1.90. The summed E-state index contributed by atoms with van der Waals surface area (Å²) in [5.74, 6) is 0. The molecule has 1 saturated heterocycles. The fourth-order valence-corrected chi connectivity index (χ4v) is 4.53. The van der Waals surface area contributed by atoms with Gasteiger partial charge in [-0.2, -0.15) is 0 Å². The van der Waals surface area contributed by atoms with Crippen molar-refractivity contribution in [2.45, 2.75) is 43.0 Å². The summed E-state index contributed by atoms with van der Waals surface area (Å²) in [6, 6.07) is 1.61. The minimum absolute atomic E-state index is 0.00540. The molecule has 2 rings (SSSR count). The highest BCUT2D eigenvalue weighted by Gasteiger charge is 2.31. The first-order valence-corrected chi connectivity index (χ1v) is 8.08. The van der Waals surface area contributed by atoms with Crippen LogP contribution in [-0.2, 0) is 14.8 Å². The number of rotatable bonds is 4. The molecule has 6 heteroatoms. The van der Waals surface area contributed by atoms with Crippen LogP contribution >= 0.6 is 11.3 Å². The van der Waals surface area contributed by atoms with E-state index in [1.54, 1.807) is 6.07 Å². The summed E-state index contributed by atoms with van der Waals surface area (Å²) in [6.45, 7) is 4.53. The van der Waals surface area contributed by atoms with Gasteiger partial charge in [-0.05, 0) is 36.8 Å². The highest BCUT2D eigenvalue weighted by molar-refractivity contribution is 7.91. The van der Waals surface area contributed by atoms with Gasteiger partial charge in [0.25, 0.3) is 0 Å². The SMILES string of the molecule is CC[C@@H]1OCC[C@H]1NS(=O)(=O)c1cc(C)cs1. The van der Waals surface area contributed by atoms with Crippen molar-refractivity contribution in [3.05, 3.63) is 17.0 Å². The van der Waals surface area contributed by atoms with Gasteiger partial charge >= 0.3 is 0 Å². The third kappa shape index (κ3) is 2.88. The molecule has 0 aromatic carbocycles. The molecule has 2 heterocycles. The number of hydrogen-bond acceptors (Lipinski definition) is 4. The Kier molecular flexibility index (Phi) is 3.87. The molecule has 2 atom stereocenters. The van der Waals surface area contributed by atoms with Gasteiger partial charge in [-0.1, -0.05) is 6.92 Å². The lowest BCUT2D eigenvalue weighted by Crippen LogP contribution is -2.39. The minimum Gasteiger partial charge on any atom is -0.377 e. The van der Waals surface area contributed by atoms with Crippen molar-refractivity contribution in [1.82, 2.24) is 4.72 Å². The van der Waals surface area contributed by atoms with Crippen LogP contribution in [0, 0.1) is 6.92 Å². The Morgan fingerprint density at radius 3 is 2.94 bits per heavy atom. The summed E-state index contributed by atoms with van der Waals surface area (Å²) in [4.78, 5) is 0. The van der Waals surface area contributed by atoms with Gasteiger partial charge in [-0.3, -0.25) is 0 Å². The lowest BCUT2D eigenvalue weighted by atomic mass is 10.1. The quantitative estimate of drug-likeness (QED) is 0.913. The molecule has 0 radical (unpaired) electrons. The second-order valence-corrected chi connectivity index (χ2v) is 7.13. The van der Waals surface area contributed by atoms with Crippen LogP contribution in [0.25, 0.3) is 0 Å². The Labute approximate surface area is 106 Å². The van der Waals surface area contributed by atoms with Crippen molar-refractivity contribution in [2.24, 2.45) is 0 Å². The van der Waals surface area contributed by atoms with Crippen molar-refractivity contribution in [3.63, 3.8) is 0 Å². The fraction of sp³-hybridized carbons (Fsp3) is 0.636. The topological polar surface area (TPSA) is 55.4 Å². The molecule has 4 nitrogen and oxygen atoms in total. The molecule has 0 aliphatic carbocycles. The Morgan fingerprint density at radius 1 is 1.59 bits per heavy atom. The van der Waals surface area contributed by atoms with Crippen LogP contribution in [0.5, 0.6) is 0 Å². The lowest BCUT2D eigenvalue weighted by Gasteiger charge is -2.17. The normalized spacial score (nSPS) is 25.3. The summed E-state index contributed by atoms with van der Waals surface area (Å²) < 4.78 is 32.8. The molecule has 0 spiro atoms. The molecule has 17 heavy (non-hydrogen) atoms. The van der Waals surface area contributed by atoms with Crippen molar-refractivity contribution in [1.29, 1.82) is 0 Å². The summed E-state index contributed by atoms with van der Waals surface area (Å²) >= 11 is 1.26. The van der Waals surface area contributed by atoms with E-state index < -0.39 is 10.0 Å². The highest BCUT2D eigenvalue weighted by Crippen LogP contribution is 2.23. The van der Waals surface area contributed by atoms with E-state index in [9.17, 15) is 8.42 Å².